The van der Waals surface area contributed by atoms with Gasteiger partial charge in [0.2, 0.25) is 0 Å². The molecule has 0 aliphatic carbocycles. The number of nitro benzene ring substituents is 1. The molecule has 0 radical (unpaired) electrons. The highest BCUT2D eigenvalue weighted by Gasteiger charge is 2.37. The summed E-state index contributed by atoms with van der Waals surface area (Å²) in [5, 5.41) is 10.6. The van der Waals surface area contributed by atoms with Crippen molar-refractivity contribution in [2.24, 2.45) is 0 Å². The number of nitro groups is 1. The summed E-state index contributed by atoms with van der Waals surface area (Å²) in [6.07, 6.45) is 0.129. The van der Waals surface area contributed by atoms with Crippen LogP contribution in [-0.4, -0.2) is 11.5 Å². The summed E-state index contributed by atoms with van der Waals surface area (Å²) < 4.78 is 29.7. The lowest BCUT2D eigenvalue weighted by Gasteiger charge is -2.29. The highest BCUT2D eigenvalue weighted by atomic mass is 79.9. The van der Waals surface area contributed by atoms with Crippen molar-refractivity contribution in [3.63, 3.8) is 0 Å². The third-order valence-corrected chi connectivity index (χ3v) is 5.31. The third kappa shape index (κ3) is 4.02. The van der Waals surface area contributed by atoms with E-state index in [0.29, 0.717) is 6.42 Å². The van der Waals surface area contributed by atoms with Gasteiger partial charge < -0.3 is 4.52 Å². The zero-order chi connectivity index (χ0) is 17.2. The minimum absolute atomic E-state index is 0.0851. The van der Waals surface area contributed by atoms with Gasteiger partial charge in [0.05, 0.1) is 17.6 Å². The largest absolute Gasteiger partial charge is 0.530 e. The molecule has 3 rings (SSSR count). The molecule has 2 atom stereocenters. The van der Waals surface area contributed by atoms with Crippen molar-refractivity contribution in [3.8, 4) is 5.75 Å². The first kappa shape index (κ1) is 17.1. The smallest absolute Gasteiger partial charge is 0.404 e. The van der Waals surface area contributed by atoms with Gasteiger partial charge in [-0.05, 0) is 29.8 Å². The zero-order valence-corrected chi connectivity index (χ0v) is 14.8. The highest BCUT2D eigenvalue weighted by Crippen LogP contribution is 2.56. The molecule has 9 heteroatoms. The predicted octanol–water partition coefficient (Wildman–Crippen LogP) is 5.02. The molecule has 1 aliphatic rings. The molecule has 0 unspecified atom stereocenters. The Hall–Kier alpha value is -1.73. The Morgan fingerprint density at radius 2 is 2.00 bits per heavy atom. The summed E-state index contributed by atoms with van der Waals surface area (Å²) >= 11 is 3.39. The lowest BCUT2D eigenvalue weighted by molar-refractivity contribution is -0.384. The summed E-state index contributed by atoms with van der Waals surface area (Å²) in [6, 6.07) is 12.7. The Bertz CT molecular complexity index is 797. The van der Waals surface area contributed by atoms with E-state index in [9.17, 15) is 14.7 Å². The zero-order valence-electron chi connectivity index (χ0n) is 12.3. The molecule has 24 heavy (non-hydrogen) atoms. The summed E-state index contributed by atoms with van der Waals surface area (Å²) in [4.78, 5) is 10.1. The minimum Gasteiger partial charge on any atom is -0.404 e. The second-order valence-corrected chi connectivity index (χ2v) is 7.52. The molecular formula is C15H13BrNO6P. The van der Waals surface area contributed by atoms with Crippen molar-refractivity contribution < 1.29 is 23.1 Å². The topological polar surface area (TPSA) is 87.9 Å². The van der Waals surface area contributed by atoms with Gasteiger partial charge in [0.15, 0.2) is 0 Å². The van der Waals surface area contributed by atoms with E-state index in [2.05, 4.69) is 15.9 Å². The molecule has 0 N–H and O–H groups in total. The number of halogens is 1. The standard InChI is InChI=1S/C15H13BrNO6P/c16-12-3-1-2-11(10-12)15-8-9-21-24(20,23-15)22-14-6-4-13(5-7-14)17(18)19/h1-7,10,15H,8-9H2/t15-,24-/m0/s1. The molecule has 2 aromatic rings. The van der Waals surface area contributed by atoms with Crippen LogP contribution in [0.5, 0.6) is 5.75 Å². The van der Waals surface area contributed by atoms with E-state index in [1.165, 1.54) is 24.3 Å². The summed E-state index contributed by atoms with van der Waals surface area (Å²) in [7, 11) is -3.80. The third-order valence-electron chi connectivity index (χ3n) is 3.37. The quantitative estimate of drug-likeness (QED) is 0.397. The van der Waals surface area contributed by atoms with Crippen LogP contribution in [0.15, 0.2) is 53.0 Å². The van der Waals surface area contributed by atoms with Gasteiger partial charge in [0.25, 0.3) is 5.69 Å². The molecule has 0 amide bonds. The number of phosphoric acid groups is 1. The Morgan fingerprint density at radius 3 is 2.67 bits per heavy atom. The van der Waals surface area contributed by atoms with Gasteiger partial charge in [-0.15, -0.1) is 0 Å². The van der Waals surface area contributed by atoms with Crippen molar-refractivity contribution in [2.75, 3.05) is 6.61 Å². The molecule has 7 nitrogen and oxygen atoms in total. The van der Waals surface area contributed by atoms with Crippen LogP contribution in [0.2, 0.25) is 0 Å². The number of nitrogens with zero attached hydrogens (tertiary/aromatic N) is 1. The second-order valence-electron chi connectivity index (χ2n) is 5.06. The minimum atomic E-state index is -3.80. The molecule has 0 saturated carbocycles. The molecule has 2 aromatic carbocycles. The second kappa shape index (κ2) is 7.03. The van der Waals surface area contributed by atoms with E-state index in [0.717, 1.165) is 10.0 Å². The first-order valence-electron chi connectivity index (χ1n) is 7.08. The Labute approximate surface area is 146 Å². The van der Waals surface area contributed by atoms with Crippen molar-refractivity contribution in [1.29, 1.82) is 0 Å². The van der Waals surface area contributed by atoms with E-state index in [1.54, 1.807) is 0 Å². The lowest BCUT2D eigenvalue weighted by Crippen LogP contribution is -2.16. The highest BCUT2D eigenvalue weighted by molar-refractivity contribution is 9.10. The predicted molar refractivity (Wildman–Crippen MR) is 89.9 cm³/mol. The van der Waals surface area contributed by atoms with Crippen LogP contribution in [0.4, 0.5) is 5.69 Å². The average Bonchev–Trinajstić information content (AvgIpc) is 2.55. The first-order chi connectivity index (χ1) is 11.5. The van der Waals surface area contributed by atoms with Crippen LogP contribution in [0.3, 0.4) is 0 Å². The fourth-order valence-corrected chi connectivity index (χ4v) is 4.07. The fraction of sp³-hybridized carbons (Fsp3) is 0.200. The monoisotopic (exact) mass is 413 g/mol. The normalized spacial score (nSPS) is 23.6. The molecule has 1 heterocycles. The maximum absolute atomic E-state index is 12.7. The fourth-order valence-electron chi connectivity index (χ4n) is 2.25. The molecular weight excluding hydrogens is 401 g/mol. The number of hydrogen-bond acceptors (Lipinski definition) is 6. The van der Waals surface area contributed by atoms with Gasteiger partial charge >= 0.3 is 7.82 Å². The number of hydrogen-bond donors (Lipinski definition) is 0. The van der Waals surface area contributed by atoms with E-state index in [-0.39, 0.29) is 18.0 Å². The molecule has 1 aliphatic heterocycles. The van der Waals surface area contributed by atoms with Crippen LogP contribution >= 0.6 is 23.8 Å². The molecule has 0 aromatic heterocycles. The molecule has 0 bridgehead atoms. The van der Waals surface area contributed by atoms with Crippen molar-refractivity contribution >= 4 is 29.4 Å². The Kier molecular flexibility index (Phi) is 5.01. The number of benzene rings is 2. The van der Waals surface area contributed by atoms with Crippen LogP contribution in [-0.2, 0) is 13.6 Å². The van der Waals surface area contributed by atoms with Gasteiger partial charge in [-0.3, -0.25) is 19.2 Å². The van der Waals surface area contributed by atoms with Gasteiger partial charge in [-0.1, -0.05) is 28.1 Å². The van der Waals surface area contributed by atoms with Gasteiger partial charge in [0, 0.05) is 23.0 Å². The average molecular weight is 414 g/mol. The maximum Gasteiger partial charge on any atom is 0.530 e. The van der Waals surface area contributed by atoms with Crippen molar-refractivity contribution in [2.45, 2.75) is 12.5 Å². The van der Waals surface area contributed by atoms with Crippen molar-refractivity contribution in [3.05, 3.63) is 68.7 Å². The summed E-state index contributed by atoms with van der Waals surface area (Å²) in [6.45, 7) is 0.224. The molecule has 1 fully saturated rings. The Morgan fingerprint density at radius 1 is 1.25 bits per heavy atom. The number of non-ortho nitro benzene ring substituents is 1. The summed E-state index contributed by atoms with van der Waals surface area (Å²) in [5.41, 5.74) is 0.776. The van der Waals surface area contributed by atoms with Gasteiger partial charge in [-0.25, -0.2) is 4.57 Å². The lowest BCUT2D eigenvalue weighted by atomic mass is 10.1. The van der Waals surface area contributed by atoms with E-state index in [4.69, 9.17) is 13.6 Å². The SMILES string of the molecule is O=[N+]([O-])c1ccc(O[P@]2(=O)OCC[C@@H](c3cccc(Br)c3)O2)cc1. The van der Waals surface area contributed by atoms with E-state index >= 15 is 0 Å². The van der Waals surface area contributed by atoms with Crippen LogP contribution in [0.1, 0.15) is 18.1 Å². The van der Waals surface area contributed by atoms with Crippen LogP contribution in [0, 0.1) is 10.1 Å². The van der Waals surface area contributed by atoms with E-state index < -0.39 is 18.8 Å². The Balaban J connectivity index is 1.75. The van der Waals surface area contributed by atoms with Crippen LogP contribution in [0.25, 0.3) is 0 Å². The van der Waals surface area contributed by atoms with Crippen molar-refractivity contribution in [1.82, 2.24) is 0 Å². The number of rotatable bonds is 4. The number of phosphoric ester groups is 1. The van der Waals surface area contributed by atoms with Crippen LogP contribution < -0.4 is 4.52 Å². The molecule has 126 valence electrons. The summed E-state index contributed by atoms with van der Waals surface area (Å²) in [5.74, 6) is 0.179. The van der Waals surface area contributed by atoms with Gasteiger partial charge in [-0.2, -0.15) is 0 Å². The first-order valence-corrected chi connectivity index (χ1v) is 9.33. The van der Waals surface area contributed by atoms with E-state index in [1.807, 2.05) is 24.3 Å². The maximum atomic E-state index is 12.7. The molecule has 0 spiro atoms. The molecule has 1 saturated heterocycles. The van der Waals surface area contributed by atoms with Gasteiger partial charge in [0.1, 0.15) is 5.75 Å².